The van der Waals surface area contributed by atoms with Crippen LogP contribution in [0, 0.1) is 0 Å². The Balaban J connectivity index is 0.00000131. The van der Waals surface area contributed by atoms with Crippen LogP contribution in [0.5, 0.6) is 0 Å². The smallest absolute Gasteiger partial charge is 0.263 e. The highest BCUT2D eigenvalue weighted by Crippen LogP contribution is 2.24. The third-order valence-corrected chi connectivity index (χ3v) is 5.19. The molecule has 0 saturated carbocycles. The van der Waals surface area contributed by atoms with Crippen LogP contribution < -0.4 is 10.9 Å². The minimum atomic E-state index is 0. The summed E-state index contributed by atoms with van der Waals surface area (Å²) in [5, 5.41) is 4.01. The summed E-state index contributed by atoms with van der Waals surface area (Å²) in [4.78, 5) is 22.1. The monoisotopic (exact) mass is 422 g/mol. The number of thioether (sulfide) groups is 1. The summed E-state index contributed by atoms with van der Waals surface area (Å²) in [6.45, 7) is 1.45. The molecule has 0 amide bonds. The van der Waals surface area contributed by atoms with Crippen LogP contribution in [-0.2, 0) is 18.7 Å². The number of para-hydroxylation sites is 1. The summed E-state index contributed by atoms with van der Waals surface area (Å²) < 4.78 is 1.73. The van der Waals surface area contributed by atoms with Gasteiger partial charge in [0.15, 0.2) is 5.16 Å². The van der Waals surface area contributed by atoms with Crippen LogP contribution in [0.25, 0.3) is 5.69 Å². The Labute approximate surface area is 174 Å². The minimum absolute atomic E-state index is 0. The van der Waals surface area contributed by atoms with Gasteiger partial charge >= 0.3 is 0 Å². The highest BCUT2D eigenvalue weighted by atomic mass is 35.5. The number of aromatic nitrogens is 3. The summed E-state index contributed by atoms with van der Waals surface area (Å²) in [5.74, 6) is 0.726. The highest BCUT2D eigenvalue weighted by molar-refractivity contribution is 7.98. The maximum absolute atomic E-state index is 13.1. The summed E-state index contributed by atoms with van der Waals surface area (Å²) in [6, 6.07) is 13.7. The first-order chi connectivity index (χ1) is 12.3. The lowest BCUT2D eigenvalue weighted by Crippen LogP contribution is -2.35. The molecule has 1 aromatic carbocycles. The van der Waals surface area contributed by atoms with Gasteiger partial charge in [0.05, 0.1) is 16.9 Å². The SMILES string of the molecule is Cl.Cl.O=c1c2c(nc(SCc3cccnc3)n1-c1ccccc1)CCNC2. The lowest BCUT2D eigenvalue weighted by Gasteiger charge is -2.20. The molecule has 0 bridgehead atoms. The normalized spacial score (nSPS) is 12.4. The quantitative estimate of drug-likeness (QED) is 0.515. The average Bonchev–Trinajstić information content (AvgIpc) is 2.68. The van der Waals surface area contributed by atoms with Gasteiger partial charge in [-0.1, -0.05) is 36.0 Å². The highest BCUT2D eigenvalue weighted by Gasteiger charge is 2.20. The molecule has 4 rings (SSSR count). The Bertz CT molecular complexity index is 936. The lowest BCUT2D eigenvalue weighted by molar-refractivity contribution is 0.595. The first-order valence-electron chi connectivity index (χ1n) is 8.25. The second kappa shape index (κ2) is 9.90. The molecule has 0 aliphatic carbocycles. The van der Waals surface area contributed by atoms with Crippen molar-refractivity contribution in [1.29, 1.82) is 0 Å². The zero-order chi connectivity index (χ0) is 17.1. The number of pyridine rings is 1. The molecule has 2 aromatic heterocycles. The Kier molecular flexibility index (Phi) is 7.86. The zero-order valence-corrected chi connectivity index (χ0v) is 16.9. The fraction of sp³-hybridized carbons (Fsp3) is 0.211. The van der Waals surface area contributed by atoms with E-state index < -0.39 is 0 Å². The van der Waals surface area contributed by atoms with Crippen molar-refractivity contribution in [3.8, 4) is 5.69 Å². The molecule has 5 nitrogen and oxygen atoms in total. The Morgan fingerprint density at radius 1 is 1.11 bits per heavy atom. The van der Waals surface area contributed by atoms with E-state index in [1.807, 2.05) is 48.7 Å². The van der Waals surface area contributed by atoms with Gasteiger partial charge in [0.2, 0.25) is 0 Å². The van der Waals surface area contributed by atoms with E-state index in [4.69, 9.17) is 4.98 Å². The lowest BCUT2D eigenvalue weighted by atomic mass is 10.1. The van der Waals surface area contributed by atoms with E-state index >= 15 is 0 Å². The van der Waals surface area contributed by atoms with Crippen molar-refractivity contribution in [2.45, 2.75) is 23.9 Å². The van der Waals surface area contributed by atoms with Gasteiger partial charge in [-0.2, -0.15) is 0 Å². The maximum Gasteiger partial charge on any atom is 0.263 e. The van der Waals surface area contributed by atoms with Gasteiger partial charge in [-0.25, -0.2) is 4.98 Å². The molecule has 0 spiro atoms. The van der Waals surface area contributed by atoms with Gasteiger partial charge in [-0.15, -0.1) is 24.8 Å². The molecule has 1 aliphatic heterocycles. The van der Waals surface area contributed by atoms with E-state index in [0.717, 1.165) is 46.4 Å². The molecule has 8 heteroatoms. The number of hydrogen-bond donors (Lipinski definition) is 1. The fourth-order valence-corrected chi connectivity index (χ4v) is 3.87. The number of nitrogens with zero attached hydrogens (tertiary/aromatic N) is 3. The number of hydrogen-bond acceptors (Lipinski definition) is 5. The van der Waals surface area contributed by atoms with E-state index in [0.29, 0.717) is 6.54 Å². The van der Waals surface area contributed by atoms with E-state index in [2.05, 4.69) is 10.3 Å². The molecular formula is C19H20Cl2N4OS. The molecule has 0 saturated heterocycles. The van der Waals surface area contributed by atoms with E-state index in [9.17, 15) is 4.79 Å². The largest absolute Gasteiger partial charge is 0.312 e. The van der Waals surface area contributed by atoms with Crippen LogP contribution in [0.3, 0.4) is 0 Å². The van der Waals surface area contributed by atoms with Crippen molar-refractivity contribution in [3.05, 3.63) is 82.0 Å². The molecule has 1 aliphatic rings. The Hall–Kier alpha value is -1.86. The van der Waals surface area contributed by atoms with Crippen LogP contribution in [0.15, 0.2) is 64.8 Å². The Morgan fingerprint density at radius 3 is 2.67 bits per heavy atom. The predicted octanol–water partition coefficient (Wildman–Crippen LogP) is 3.41. The van der Waals surface area contributed by atoms with Gasteiger partial charge in [-0.3, -0.25) is 14.3 Å². The van der Waals surface area contributed by atoms with Gasteiger partial charge in [0.25, 0.3) is 5.56 Å². The topological polar surface area (TPSA) is 59.8 Å². The molecule has 0 unspecified atom stereocenters. The third-order valence-electron chi connectivity index (χ3n) is 4.18. The molecule has 0 fully saturated rings. The molecule has 0 atom stereocenters. The molecule has 142 valence electrons. The zero-order valence-electron chi connectivity index (χ0n) is 14.5. The molecule has 0 radical (unpaired) electrons. The van der Waals surface area contributed by atoms with Crippen LogP contribution >= 0.6 is 36.6 Å². The molecule has 1 N–H and O–H groups in total. The van der Waals surface area contributed by atoms with Crippen LogP contribution in [0.1, 0.15) is 16.8 Å². The van der Waals surface area contributed by atoms with Crippen molar-refractivity contribution < 1.29 is 0 Å². The predicted molar refractivity (Wildman–Crippen MR) is 114 cm³/mol. The van der Waals surface area contributed by atoms with Crippen LogP contribution in [-0.4, -0.2) is 21.1 Å². The minimum Gasteiger partial charge on any atom is -0.312 e. The van der Waals surface area contributed by atoms with E-state index in [-0.39, 0.29) is 30.4 Å². The van der Waals surface area contributed by atoms with Crippen LogP contribution in [0.4, 0.5) is 0 Å². The number of benzene rings is 1. The van der Waals surface area contributed by atoms with Crippen molar-refractivity contribution >= 4 is 36.6 Å². The van der Waals surface area contributed by atoms with E-state index in [1.165, 1.54) is 0 Å². The fourth-order valence-electron chi connectivity index (χ4n) is 2.92. The standard InChI is InChI=1S/C19H18N4OS.2ClH/c24-18-16-12-21-10-8-17(16)22-19(23(18)15-6-2-1-3-7-15)25-13-14-5-4-9-20-11-14;;/h1-7,9,11,21H,8,10,12-13H2;2*1H. The summed E-state index contributed by atoms with van der Waals surface area (Å²) in [7, 11) is 0. The van der Waals surface area contributed by atoms with Gasteiger partial charge < -0.3 is 5.32 Å². The number of nitrogens with one attached hydrogen (secondary N) is 1. The van der Waals surface area contributed by atoms with Crippen molar-refractivity contribution in [2.75, 3.05) is 6.54 Å². The molecule has 3 aromatic rings. The molecular weight excluding hydrogens is 403 g/mol. The summed E-state index contributed by atoms with van der Waals surface area (Å²) >= 11 is 1.57. The van der Waals surface area contributed by atoms with Gasteiger partial charge in [0, 0.05) is 37.7 Å². The van der Waals surface area contributed by atoms with E-state index in [1.54, 1.807) is 22.5 Å². The summed E-state index contributed by atoms with van der Waals surface area (Å²) in [5.41, 5.74) is 3.69. The third kappa shape index (κ3) is 4.71. The first kappa shape index (κ1) is 21.4. The molecule has 3 heterocycles. The second-order valence-corrected chi connectivity index (χ2v) is 6.81. The number of halogens is 2. The van der Waals surface area contributed by atoms with Crippen molar-refractivity contribution in [2.24, 2.45) is 0 Å². The van der Waals surface area contributed by atoms with Crippen molar-refractivity contribution in [3.63, 3.8) is 0 Å². The second-order valence-electron chi connectivity index (χ2n) is 5.87. The number of fused-ring (bicyclic) bond motifs is 1. The summed E-state index contributed by atoms with van der Waals surface area (Å²) in [6.07, 6.45) is 4.40. The van der Waals surface area contributed by atoms with Crippen molar-refractivity contribution in [1.82, 2.24) is 19.9 Å². The van der Waals surface area contributed by atoms with Crippen LogP contribution in [0.2, 0.25) is 0 Å². The Morgan fingerprint density at radius 2 is 1.93 bits per heavy atom. The number of rotatable bonds is 4. The maximum atomic E-state index is 13.1. The van der Waals surface area contributed by atoms with Gasteiger partial charge in [-0.05, 0) is 23.8 Å². The first-order valence-corrected chi connectivity index (χ1v) is 9.24. The average molecular weight is 423 g/mol. The van der Waals surface area contributed by atoms with Gasteiger partial charge in [0.1, 0.15) is 0 Å². The molecule has 27 heavy (non-hydrogen) atoms.